The van der Waals surface area contributed by atoms with Gasteiger partial charge in [-0.25, -0.2) is 0 Å². The Morgan fingerprint density at radius 3 is 3.08 bits per heavy atom. The molecule has 0 fully saturated rings. The summed E-state index contributed by atoms with van der Waals surface area (Å²) in [5.74, 6) is 0.173. The molecule has 0 bridgehead atoms. The van der Waals surface area contributed by atoms with Gasteiger partial charge in [0.15, 0.2) is 0 Å². The summed E-state index contributed by atoms with van der Waals surface area (Å²) in [7, 11) is 0. The number of hydrogen-bond donors (Lipinski definition) is 2. The van der Waals surface area contributed by atoms with Gasteiger partial charge in [0.05, 0.1) is 5.02 Å². The van der Waals surface area contributed by atoms with Gasteiger partial charge >= 0.3 is 0 Å². The molecular weight excluding hydrogens is 174 g/mol. The van der Waals surface area contributed by atoms with Gasteiger partial charge in [-0.15, -0.1) is 0 Å². The van der Waals surface area contributed by atoms with Gasteiger partial charge < -0.3 is 10.4 Å². The van der Waals surface area contributed by atoms with Crippen molar-refractivity contribution in [2.24, 2.45) is 0 Å². The molecule has 1 aromatic carbocycles. The monoisotopic (exact) mass is 183 g/mol. The predicted octanol–water partition coefficient (Wildman–Crippen LogP) is 2.40. The smallest absolute Gasteiger partial charge is 0.134 e. The maximum absolute atomic E-state index is 9.31. The Bertz CT molecular complexity index is 325. The van der Waals surface area contributed by atoms with E-state index >= 15 is 0 Å². The Labute approximate surface area is 76.2 Å². The number of fused-ring (bicyclic) bond motifs is 1. The highest BCUT2D eigenvalue weighted by Gasteiger charge is 2.20. The lowest BCUT2D eigenvalue weighted by atomic mass is 10.1. The zero-order valence-electron chi connectivity index (χ0n) is 6.76. The first-order valence-corrected chi connectivity index (χ1v) is 4.33. The fourth-order valence-electron chi connectivity index (χ4n) is 1.57. The second-order valence-electron chi connectivity index (χ2n) is 3.17. The number of phenolic OH excluding ortho intramolecular Hbond substituents is 1. The Morgan fingerprint density at radius 1 is 1.58 bits per heavy atom. The second kappa shape index (κ2) is 2.56. The molecule has 3 heteroatoms. The number of rotatable bonds is 0. The van der Waals surface area contributed by atoms with Crippen molar-refractivity contribution >= 4 is 17.3 Å². The predicted molar refractivity (Wildman–Crippen MR) is 49.9 cm³/mol. The zero-order valence-corrected chi connectivity index (χ0v) is 7.52. The molecule has 2 rings (SSSR count). The Hall–Kier alpha value is -0.890. The molecule has 1 unspecified atom stereocenters. The van der Waals surface area contributed by atoms with Crippen LogP contribution in [0, 0.1) is 0 Å². The first-order chi connectivity index (χ1) is 5.68. The zero-order chi connectivity index (χ0) is 8.72. The van der Waals surface area contributed by atoms with E-state index in [0.717, 1.165) is 17.7 Å². The average molecular weight is 184 g/mol. The van der Waals surface area contributed by atoms with Gasteiger partial charge in [0.2, 0.25) is 0 Å². The molecule has 0 saturated heterocycles. The number of halogens is 1. The van der Waals surface area contributed by atoms with Crippen LogP contribution in [-0.2, 0) is 6.42 Å². The van der Waals surface area contributed by atoms with E-state index in [1.165, 1.54) is 0 Å². The van der Waals surface area contributed by atoms with Crippen LogP contribution in [0.2, 0.25) is 5.02 Å². The van der Waals surface area contributed by atoms with Crippen molar-refractivity contribution in [1.82, 2.24) is 0 Å². The summed E-state index contributed by atoms with van der Waals surface area (Å²) < 4.78 is 0. The molecule has 1 aliphatic heterocycles. The van der Waals surface area contributed by atoms with Crippen LogP contribution >= 0.6 is 11.6 Å². The highest BCUT2D eigenvalue weighted by molar-refractivity contribution is 6.33. The molecule has 0 radical (unpaired) electrons. The van der Waals surface area contributed by atoms with Crippen molar-refractivity contribution in [2.45, 2.75) is 19.4 Å². The first kappa shape index (κ1) is 7.74. The maximum Gasteiger partial charge on any atom is 0.134 e. The maximum atomic E-state index is 9.31. The van der Waals surface area contributed by atoms with Crippen LogP contribution in [0.1, 0.15) is 12.5 Å². The van der Waals surface area contributed by atoms with Crippen LogP contribution in [0.15, 0.2) is 12.1 Å². The van der Waals surface area contributed by atoms with Crippen LogP contribution in [-0.4, -0.2) is 11.1 Å². The van der Waals surface area contributed by atoms with Gasteiger partial charge in [0.25, 0.3) is 0 Å². The molecule has 2 nitrogen and oxygen atoms in total. The quantitative estimate of drug-likeness (QED) is 0.606. The standard InChI is InChI=1S/C9H10ClNO/c1-5-4-6-7(11-5)2-3-8(12)9(6)10/h2-3,5,11-12H,4H2,1H3. The van der Waals surface area contributed by atoms with E-state index < -0.39 is 0 Å². The van der Waals surface area contributed by atoms with Crippen molar-refractivity contribution in [3.05, 3.63) is 22.7 Å². The van der Waals surface area contributed by atoms with E-state index in [1.807, 2.05) is 6.07 Å². The summed E-state index contributed by atoms with van der Waals surface area (Å²) in [6.45, 7) is 2.09. The number of nitrogens with one attached hydrogen (secondary N) is 1. The largest absolute Gasteiger partial charge is 0.506 e. The second-order valence-corrected chi connectivity index (χ2v) is 3.55. The molecule has 1 heterocycles. The minimum absolute atomic E-state index is 0.173. The van der Waals surface area contributed by atoms with E-state index in [0.29, 0.717) is 11.1 Å². The van der Waals surface area contributed by atoms with Crippen LogP contribution in [0.25, 0.3) is 0 Å². The fourth-order valence-corrected chi connectivity index (χ4v) is 1.81. The average Bonchev–Trinajstić information content (AvgIpc) is 2.39. The normalized spacial score (nSPS) is 20.3. The Morgan fingerprint density at radius 2 is 2.33 bits per heavy atom. The molecule has 0 aliphatic carbocycles. The van der Waals surface area contributed by atoms with E-state index in [-0.39, 0.29) is 5.75 Å². The molecule has 0 amide bonds. The number of phenols is 1. The van der Waals surface area contributed by atoms with Crippen LogP contribution in [0.4, 0.5) is 5.69 Å². The van der Waals surface area contributed by atoms with Gasteiger partial charge in [0, 0.05) is 11.7 Å². The van der Waals surface area contributed by atoms with Crippen molar-refractivity contribution in [3.63, 3.8) is 0 Å². The third-order valence-corrected chi connectivity index (χ3v) is 2.56. The van der Waals surface area contributed by atoms with Crippen molar-refractivity contribution in [2.75, 3.05) is 5.32 Å². The molecule has 0 aromatic heterocycles. The van der Waals surface area contributed by atoms with E-state index in [9.17, 15) is 5.11 Å². The molecule has 1 aromatic rings. The summed E-state index contributed by atoms with van der Waals surface area (Å²) in [5, 5.41) is 13.1. The van der Waals surface area contributed by atoms with Crippen molar-refractivity contribution in [3.8, 4) is 5.75 Å². The van der Waals surface area contributed by atoms with Gasteiger partial charge in [-0.05, 0) is 31.0 Å². The minimum Gasteiger partial charge on any atom is -0.506 e. The molecule has 0 spiro atoms. The molecule has 12 heavy (non-hydrogen) atoms. The summed E-state index contributed by atoms with van der Waals surface area (Å²) in [6.07, 6.45) is 0.891. The minimum atomic E-state index is 0.173. The van der Waals surface area contributed by atoms with Gasteiger partial charge in [-0.2, -0.15) is 0 Å². The lowest BCUT2D eigenvalue weighted by molar-refractivity contribution is 0.475. The van der Waals surface area contributed by atoms with E-state index in [2.05, 4.69) is 12.2 Å². The number of anilines is 1. The van der Waals surface area contributed by atoms with Gasteiger partial charge in [-0.3, -0.25) is 0 Å². The SMILES string of the molecule is CC1Cc2c(ccc(O)c2Cl)N1. The number of hydrogen-bond acceptors (Lipinski definition) is 2. The topological polar surface area (TPSA) is 32.3 Å². The number of aromatic hydroxyl groups is 1. The Kier molecular flexibility index (Phi) is 1.65. The molecular formula is C9H10ClNO. The molecule has 1 atom stereocenters. The summed E-state index contributed by atoms with van der Waals surface area (Å²) in [5.41, 5.74) is 2.08. The highest BCUT2D eigenvalue weighted by Crippen LogP contribution is 2.37. The third kappa shape index (κ3) is 1.03. The highest BCUT2D eigenvalue weighted by atomic mass is 35.5. The lowest BCUT2D eigenvalue weighted by Gasteiger charge is -2.02. The molecule has 0 saturated carbocycles. The fraction of sp³-hybridized carbons (Fsp3) is 0.333. The molecule has 2 N–H and O–H groups in total. The summed E-state index contributed by atoms with van der Waals surface area (Å²) >= 11 is 5.91. The van der Waals surface area contributed by atoms with Crippen molar-refractivity contribution < 1.29 is 5.11 Å². The number of benzene rings is 1. The van der Waals surface area contributed by atoms with Crippen LogP contribution < -0.4 is 5.32 Å². The Balaban J connectivity index is 2.54. The third-order valence-electron chi connectivity index (χ3n) is 2.14. The van der Waals surface area contributed by atoms with E-state index in [4.69, 9.17) is 11.6 Å². The summed E-state index contributed by atoms with van der Waals surface area (Å²) in [6, 6.07) is 3.89. The first-order valence-electron chi connectivity index (χ1n) is 3.95. The molecule has 1 aliphatic rings. The van der Waals surface area contributed by atoms with E-state index in [1.54, 1.807) is 6.07 Å². The van der Waals surface area contributed by atoms with Crippen LogP contribution in [0.5, 0.6) is 5.75 Å². The molecule has 64 valence electrons. The van der Waals surface area contributed by atoms with Gasteiger partial charge in [-0.1, -0.05) is 11.6 Å². The summed E-state index contributed by atoms with van der Waals surface area (Å²) in [4.78, 5) is 0. The van der Waals surface area contributed by atoms with Gasteiger partial charge in [0.1, 0.15) is 5.75 Å². The van der Waals surface area contributed by atoms with Crippen molar-refractivity contribution in [1.29, 1.82) is 0 Å². The van der Waals surface area contributed by atoms with Crippen LogP contribution in [0.3, 0.4) is 0 Å². The lowest BCUT2D eigenvalue weighted by Crippen LogP contribution is -2.08.